The van der Waals surface area contributed by atoms with Gasteiger partial charge in [0.2, 0.25) is 0 Å². The maximum Gasteiger partial charge on any atom is 0.338 e. The fourth-order valence-corrected chi connectivity index (χ4v) is 5.12. The first-order chi connectivity index (χ1) is 11.7. The minimum atomic E-state index is -0.687. The number of aliphatic hydroxyl groups excluding tert-OH is 3. The minimum absolute atomic E-state index is 0.0478. The van der Waals surface area contributed by atoms with Gasteiger partial charge in [-0.1, -0.05) is 32.6 Å². The molecule has 5 nitrogen and oxygen atoms in total. The van der Waals surface area contributed by atoms with Crippen molar-refractivity contribution in [1.82, 2.24) is 0 Å². The Hall–Kier alpha value is -1.43. The number of aliphatic hydroxyl groups is 3. The van der Waals surface area contributed by atoms with Gasteiger partial charge in [0.15, 0.2) is 0 Å². The van der Waals surface area contributed by atoms with Gasteiger partial charge in [-0.2, -0.15) is 0 Å². The highest BCUT2D eigenvalue weighted by atomic mass is 16.5. The lowest BCUT2D eigenvalue weighted by molar-refractivity contribution is -0.158. The third kappa shape index (κ3) is 2.78. The van der Waals surface area contributed by atoms with Gasteiger partial charge >= 0.3 is 5.97 Å². The summed E-state index contributed by atoms with van der Waals surface area (Å²) < 4.78 is 4.93. The maximum absolute atomic E-state index is 11.7. The summed E-state index contributed by atoms with van der Waals surface area (Å²) in [6.45, 7) is 8.32. The number of ether oxygens (including phenoxy) is 1. The lowest BCUT2D eigenvalue weighted by Gasteiger charge is -2.60. The molecule has 0 aromatic heterocycles. The van der Waals surface area contributed by atoms with Crippen LogP contribution >= 0.6 is 0 Å². The average molecular weight is 348 g/mol. The smallest absolute Gasteiger partial charge is 0.338 e. The van der Waals surface area contributed by atoms with E-state index in [0.717, 1.165) is 12.0 Å². The van der Waals surface area contributed by atoms with Crippen LogP contribution in [0.4, 0.5) is 0 Å². The molecule has 6 atom stereocenters. The number of allylic oxidation sites excluding steroid dienone is 1. The molecule has 3 rings (SSSR count). The van der Waals surface area contributed by atoms with Crippen molar-refractivity contribution >= 4 is 5.97 Å². The van der Waals surface area contributed by atoms with E-state index in [9.17, 15) is 20.1 Å². The van der Waals surface area contributed by atoms with Crippen LogP contribution in [0, 0.1) is 22.7 Å². The van der Waals surface area contributed by atoms with Crippen LogP contribution in [-0.4, -0.2) is 46.7 Å². The Bertz CT molecular complexity index is 636. The number of cyclic esters (lactones) is 1. The van der Waals surface area contributed by atoms with Crippen LogP contribution in [0.2, 0.25) is 0 Å². The summed E-state index contributed by atoms with van der Waals surface area (Å²) in [5.74, 6) is -0.512. The van der Waals surface area contributed by atoms with E-state index in [2.05, 4.69) is 13.5 Å². The molecule has 0 radical (unpaired) electrons. The molecular formula is C20H28O5. The summed E-state index contributed by atoms with van der Waals surface area (Å²) in [6.07, 6.45) is 6.01. The second kappa shape index (κ2) is 6.38. The lowest BCUT2D eigenvalue weighted by atomic mass is 9.46. The quantitative estimate of drug-likeness (QED) is 0.534. The van der Waals surface area contributed by atoms with E-state index in [1.54, 1.807) is 12.2 Å². The monoisotopic (exact) mass is 348 g/mol. The highest BCUT2D eigenvalue weighted by Crippen LogP contribution is 2.61. The summed E-state index contributed by atoms with van der Waals surface area (Å²) in [6, 6.07) is 0. The summed E-state index contributed by atoms with van der Waals surface area (Å²) in [4.78, 5) is 11.7. The van der Waals surface area contributed by atoms with E-state index < -0.39 is 17.6 Å². The first-order valence-corrected chi connectivity index (χ1v) is 8.95. The van der Waals surface area contributed by atoms with Crippen molar-refractivity contribution in [2.75, 3.05) is 13.2 Å². The first kappa shape index (κ1) is 18.4. The van der Waals surface area contributed by atoms with E-state index in [1.165, 1.54) is 0 Å². The number of carbonyl (C=O) groups is 1. The second-order valence-corrected chi connectivity index (χ2v) is 8.20. The highest BCUT2D eigenvalue weighted by molar-refractivity contribution is 5.93. The molecule has 0 bridgehead atoms. The predicted octanol–water partition coefficient (Wildman–Crippen LogP) is 1.74. The van der Waals surface area contributed by atoms with Gasteiger partial charge in [-0.15, -0.1) is 0 Å². The van der Waals surface area contributed by atoms with Crippen LogP contribution in [0.5, 0.6) is 0 Å². The Labute approximate surface area is 148 Å². The van der Waals surface area contributed by atoms with Gasteiger partial charge in [0.1, 0.15) is 6.61 Å². The van der Waals surface area contributed by atoms with Crippen LogP contribution < -0.4 is 0 Å². The Morgan fingerprint density at radius 2 is 2.12 bits per heavy atom. The van der Waals surface area contributed by atoms with E-state index in [-0.39, 0.29) is 29.8 Å². The van der Waals surface area contributed by atoms with E-state index >= 15 is 0 Å². The maximum atomic E-state index is 11.7. The summed E-state index contributed by atoms with van der Waals surface area (Å²) in [5.41, 5.74) is 0.353. The van der Waals surface area contributed by atoms with Crippen molar-refractivity contribution < 1.29 is 24.9 Å². The summed E-state index contributed by atoms with van der Waals surface area (Å²) in [7, 11) is 0. The normalized spacial score (nSPS) is 44.6. The molecule has 25 heavy (non-hydrogen) atoms. The van der Waals surface area contributed by atoms with Crippen LogP contribution in [0.15, 0.2) is 36.0 Å². The van der Waals surface area contributed by atoms with Crippen molar-refractivity contribution in [2.24, 2.45) is 22.7 Å². The van der Waals surface area contributed by atoms with Gasteiger partial charge in [-0.25, -0.2) is 4.79 Å². The van der Waals surface area contributed by atoms with Crippen molar-refractivity contribution in [3.8, 4) is 0 Å². The molecule has 0 spiro atoms. The minimum Gasteiger partial charge on any atom is -0.458 e. The number of hydrogen-bond acceptors (Lipinski definition) is 5. The molecule has 0 aromatic rings. The fourth-order valence-electron chi connectivity index (χ4n) is 5.12. The Morgan fingerprint density at radius 1 is 1.40 bits per heavy atom. The largest absolute Gasteiger partial charge is 0.458 e. The SMILES string of the molecule is C=C1C(O)CC2C(C)(CO)C(O)CCC2(C)C1C=CC1=CCOC1=O. The third-order valence-electron chi connectivity index (χ3n) is 6.87. The molecule has 3 aliphatic rings. The molecule has 1 aliphatic heterocycles. The van der Waals surface area contributed by atoms with Gasteiger partial charge < -0.3 is 20.1 Å². The van der Waals surface area contributed by atoms with Gasteiger partial charge in [-0.3, -0.25) is 0 Å². The van der Waals surface area contributed by atoms with Crippen molar-refractivity contribution in [1.29, 1.82) is 0 Å². The average Bonchev–Trinajstić information content (AvgIpc) is 2.99. The fraction of sp³-hybridized carbons (Fsp3) is 0.650. The van der Waals surface area contributed by atoms with Gasteiger partial charge in [0.05, 0.1) is 24.4 Å². The zero-order valence-corrected chi connectivity index (χ0v) is 14.9. The van der Waals surface area contributed by atoms with Crippen molar-refractivity contribution in [3.05, 3.63) is 36.0 Å². The molecule has 0 saturated heterocycles. The van der Waals surface area contributed by atoms with E-state index in [1.807, 2.05) is 13.0 Å². The predicted molar refractivity (Wildman–Crippen MR) is 93.5 cm³/mol. The Balaban J connectivity index is 1.97. The highest BCUT2D eigenvalue weighted by Gasteiger charge is 2.58. The standard InChI is InChI=1S/C20H28O5/c1-12-14(5-4-13-7-9-25-18(13)24)19(2)8-6-17(23)20(3,11-21)16(19)10-15(12)22/h4-5,7,14-17,21-23H,1,6,8-11H2,2-3H3. The lowest BCUT2D eigenvalue weighted by Crippen LogP contribution is -2.59. The van der Waals surface area contributed by atoms with Crippen LogP contribution in [-0.2, 0) is 9.53 Å². The molecule has 0 aromatic carbocycles. The number of fused-ring (bicyclic) bond motifs is 1. The topological polar surface area (TPSA) is 87.0 Å². The summed E-state index contributed by atoms with van der Waals surface area (Å²) in [5, 5.41) is 31.1. The van der Waals surface area contributed by atoms with Crippen LogP contribution in [0.25, 0.3) is 0 Å². The molecule has 6 unspecified atom stereocenters. The van der Waals surface area contributed by atoms with Gasteiger partial charge in [-0.05, 0) is 42.2 Å². The molecular weight excluding hydrogens is 320 g/mol. The van der Waals surface area contributed by atoms with E-state index in [4.69, 9.17) is 4.74 Å². The molecule has 2 saturated carbocycles. The Morgan fingerprint density at radius 3 is 2.72 bits per heavy atom. The number of rotatable bonds is 3. The molecule has 2 fully saturated rings. The second-order valence-electron chi connectivity index (χ2n) is 8.20. The van der Waals surface area contributed by atoms with Crippen LogP contribution in [0.3, 0.4) is 0 Å². The molecule has 0 amide bonds. The number of esters is 1. The molecule has 3 N–H and O–H groups in total. The zero-order valence-electron chi connectivity index (χ0n) is 14.9. The van der Waals surface area contributed by atoms with Gasteiger partial charge in [0.25, 0.3) is 0 Å². The summed E-state index contributed by atoms with van der Waals surface area (Å²) >= 11 is 0. The zero-order chi connectivity index (χ0) is 18.4. The third-order valence-corrected chi connectivity index (χ3v) is 6.87. The molecule has 5 heteroatoms. The van der Waals surface area contributed by atoms with Crippen molar-refractivity contribution in [2.45, 2.75) is 45.3 Å². The van der Waals surface area contributed by atoms with Crippen LogP contribution in [0.1, 0.15) is 33.1 Å². The molecule has 1 heterocycles. The number of hydrogen-bond donors (Lipinski definition) is 3. The molecule has 2 aliphatic carbocycles. The van der Waals surface area contributed by atoms with Crippen molar-refractivity contribution in [3.63, 3.8) is 0 Å². The Kier molecular flexibility index (Phi) is 4.69. The molecule has 138 valence electrons. The van der Waals surface area contributed by atoms with E-state index in [0.29, 0.717) is 25.0 Å². The first-order valence-electron chi connectivity index (χ1n) is 8.95. The van der Waals surface area contributed by atoms with Gasteiger partial charge in [0, 0.05) is 11.3 Å². The number of carbonyl (C=O) groups excluding carboxylic acids is 1.